The Morgan fingerprint density at radius 1 is 1.00 bits per heavy atom. The highest BCUT2D eigenvalue weighted by atomic mass is 35.6. The van der Waals surface area contributed by atoms with Crippen LogP contribution >= 0.6 is 34.8 Å². The molecule has 182 valence electrons. The van der Waals surface area contributed by atoms with Gasteiger partial charge in [0.25, 0.3) is 0 Å². The Morgan fingerprint density at radius 3 is 2.09 bits per heavy atom. The molecule has 0 radical (unpaired) electrons. The van der Waals surface area contributed by atoms with E-state index in [4.69, 9.17) is 63.2 Å². The van der Waals surface area contributed by atoms with E-state index >= 15 is 0 Å². The highest BCUT2D eigenvalue weighted by Crippen LogP contribution is 2.29. The Bertz CT molecular complexity index is 699. The summed E-state index contributed by atoms with van der Waals surface area (Å²) in [5, 5.41) is 2.40. The van der Waals surface area contributed by atoms with Gasteiger partial charge in [-0.05, 0) is 0 Å². The smallest absolute Gasteiger partial charge is 0.407 e. The van der Waals surface area contributed by atoms with Crippen LogP contribution in [0.2, 0.25) is 0 Å². The van der Waals surface area contributed by atoms with Gasteiger partial charge in [0, 0.05) is 20.8 Å². The molecule has 5 atom stereocenters. The predicted molar refractivity (Wildman–Crippen MR) is 111 cm³/mol. The summed E-state index contributed by atoms with van der Waals surface area (Å²) in [5.41, 5.74) is 0. The van der Waals surface area contributed by atoms with Crippen LogP contribution in [0.1, 0.15) is 20.8 Å². The quantitative estimate of drug-likeness (QED) is 0.207. The van der Waals surface area contributed by atoms with Crippen molar-refractivity contribution in [1.82, 2.24) is 5.32 Å². The third-order valence-corrected chi connectivity index (χ3v) is 4.06. The summed E-state index contributed by atoms with van der Waals surface area (Å²) in [7, 11) is 0. The van der Waals surface area contributed by atoms with Crippen LogP contribution in [-0.4, -0.2) is 78.3 Å². The number of hydrogen-bond donors (Lipinski definition) is 1. The minimum atomic E-state index is -1.87. The number of halogens is 3. The molecule has 0 spiro atoms. The summed E-state index contributed by atoms with van der Waals surface area (Å²) < 4.78 is 29.8. The zero-order chi connectivity index (χ0) is 24.5. The predicted octanol–water partition coefficient (Wildman–Crippen LogP) is 1.81. The Balaban J connectivity index is 3.25. The van der Waals surface area contributed by atoms with Crippen LogP contribution in [0.25, 0.3) is 0 Å². The number of alkyl carbamates (subject to hydrolysis) is 1. The first kappa shape index (κ1) is 28.2. The Hall–Kier alpha value is -1.79. The van der Waals surface area contributed by atoms with Gasteiger partial charge in [0.1, 0.15) is 25.4 Å². The molecule has 1 fully saturated rings. The lowest BCUT2D eigenvalue weighted by atomic mass is 9.96. The van der Waals surface area contributed by atoms with E-state index in [2.05, 4.69) is 11.9 Å². The number of hydrogen-bond acceptors (Lipinski definition) is 10. The van der Waals surface area contributed by atoms with E-state index in [9.17, 15) is 19.2 Å². The van der Waals surface area contributed by atoms with E-state index in [1.165, 1.54) is 13.0 Å². The Kier molecular flexibility index (Phi) is 11.5. The molecule has 11 nitrogen and oxygen atoms in total. The molecule has 0 saturated carbocycles. The third-order valence-electron chi connectivity index (χ3n) is 3.73. The second kappa shape index (κ2) is 13.0. The van der Waals surface area contributed by atoms with Crippen LogP contribution in [0, 0.1) is 0 Å². The van der Waals surface area contributed by atoms with Crippen LogP contribution in [0.15, 0.2) is 12.7 Å². The highest BCUT2D eigenvalue weighted by Gasteiger charge is 2.51. The average Bonchev–Trinajstić information content (AvgIpc) is 2.65. The Labute approximate surface area is 199 Å². The summed E-state index contributed by atoms with van der Waals surface area (Å²) in [6.45, 7) is 5.95. The topological polar surface area (TPSA) is 136 Å². The van der Waals surface area contributed by atoms with Crippen molar-refractivity contribution in [3.05, 3.63) is 12.7 Å². The van der Waals surface area contributed by atoms with E-state index in [1.807, 2.05) is 0 Å². The first-order valence-electron chi connectivity index (χ1n) is 9.19. The van der Waals surface area contributed by atoms with E-state index < -0.39 is 65.0 Å². The second-order valence-electron chi connectivity index (χ2n) is 6.48. The summed E-state index contributed by atoms with van der Waals surface area (Å²) >= 11 is 16.7. The van der Waals surface area contributed by atoms with Crippen LogP contribution in [0.5, 0.6) is 0 Å². The van der Waals surface area contributed by atoms with Gasteiger partial charge in [-0.3, -0.25) is 14.4 Å². The van der Waals surface area contributed by atoms with Crippen LogP contribution < -0.4 is 5.32 Å². The van der Waals surface area contributed by atoms with E-state index in [-0.39, 0.29) is 13.2 Å². The Morgan fingerprint density at radius 2 is 1.59 bits per heavy atom. The molecule has 0 aliphatic carbocycles. The molecule has 0 unspecified atom stereocenters. The van der Waals surface area contributed by atoms with Gasteiger partial charge in [-0.2, -0.15) is 0 Å². The number of ether oxygens (including phenoxy) is 6. The van der Waals surface area contributed by atoms with Crippen molar-refractivity contribution in [1.29, 1.82) is 0 Å². The lowest BCUT2D eigenvalue weighted by molar-refractivity contribution is -0.274. The fourth-order valence-electron chi connectivity index (χ4n) is 2.69. The maximum absolute atomic E-state index is 12.3. The minimum absolute atomic E-state index is 0.0304. The zero-order valence-electron chi connectivity index (χ0n) is 17.5. The SMILES string of the molecule is C=CCO[C@H]1O[C@H](COC(C)=O)[C@H](OC(C)=O)[C@H](OC(C)=O)[C@@H]1NC(=O)OCC(Cl)(Cl)Cl. The van der Waals surface area contributed by atoms with Crippen molar-refractivity contribution >= 4 is 58.8 Å². The van der Waals surface area contributed by atoms with Gasteiger partial charge < -0.3 is 33.7 Å². The summed E-state index contributed by atoms with van der Waals surface area (Å²) in [5.74, 6) is -2.13. The molecule has 1 aliphatic rings. The number of carbonyl (C=O) groups excluding carboxylic acids is 4. The number of rotatable bonds is 9. The van der Waals surface area contributed by atoms with Gasteiger partial charge in [0.2, 0.25) is 3.79 Å². The number of alkyl halides is 3. The number of amides is 1. The van der Waals surface area contributed by atoms with Gasteiger partial charge in [-0.25, -0.2) is 4.79 Å². The van der Waals surface area contributed by atoms with Crippen LogP contribution in [0.4, 0.5) is 4.79 Å². The van der Waals surface area contributed by atoms with Crippen LogP contribution in [-0.2, 0) is 42.8 Å². The monoisotopic (exact) mass is 519 g/mol. The summed E-state index contributed by atoms with van der Waals surface area (Å²) in [6, 6.07) is -1.24. The first-order valence-corrected chi connectivity index (χ1v) is 10.3. The molecule has 1 aliphatic heterocycles. The number of esters is 3. The van der Waals surface area contributed by atoms with Crippen molar-refractivity contribution in [3.8, 4) is 0 Å². The van der Waals surface area contributed by atoms with E-state index in [1.54, 1.807) is 0 Å². The lowest BCUT2D eigenvalue weighted by Crippen LogP contribution is -2.66. The fraction of sp³-hybridized carbons (Fsp3) is 0.667. The second-order valence-corrected chi connectivity index (χ2v) is 8.99. The molecule has 1 heterocycles. The number of carbonyl (C=O) groups is 4. The largest absolute Gasteiger partial charge is 0.463 e. The van der Waals surface area contributed by atoms with Gasteiger partial charge >= 0.3 is 24.0 Å². The summed E-state index contributed by atoms with van der Waals surface area (Å²) in [6.07, 6.45) is -4.61. The molecule has 1 rings (SSSR count). The minimum Gasteiger partial charge on any atom is -0.463 e. The van der Waals surface area contributed by atoms with E-state index in [0.717, 1.165) is 13.8 Å². The van der Waals surface area contributed by atoms with Gasteiger partial charge in [-0.1, -0.05) is 40.9 Å². The zero-order valence-corrected chi connectivity index (χ0v) is 19.8. The fourth-order valence-corrected chi connectivity index (χ4v) is 2.85. The molecule has 0 aromatic carbocycles. The average molecular weight is 521 g/mol. The molecule has 1 amide bonds. The van der Waals surface area contributed by atoms with Crippen molar-refractivity contribution in [3.63, 3.8) is 0 Å². The molecule has 0 bridgehead atoms. The molecule has 1 saturated heterocycles. The van der Waals surface area contributed by atoms with Crippen LogP contribution in [0.3, 0.4) is 0 Å². The van der Waals surface area contributed by atoms with Crippen molar-refractivity contribution in [2.75, 3.05) is 19.8 Å². The van der Waals surface area contributed by atoms with Gasteiger partial charge in [0.05, 0.1) is 6.61 Å². The maximum Gasteiger partial charge on any atom is 0.407 e. The molecule has 1 N–H and O–H groups in total. The molecule has 0 aromatic rings. The molecule has 0 aromatic heterocycles. The standard InChI is InChI=1S/C18H24Cl3NO10/c1-5-6-27-16-13(22-17(26)29-8-18(19,20)21)15(31-11(4)25)14(30-10(3)24)12(32-16)7-28-9(2)23/h5,12-16H,1,6-8H2,2-4H3,(H,22,26)/t12-,13+,14+,15-,16+/m1/s1. The first-order chi connectivity index (χ1) is 14.8. The number of nitrogens with one attached hydrogen (secondary N) is 1. The van der Waals surface area contributed by atoms with Crippen molar-refractivity contribution < 1.29 is 47.6 Å². The van der Waals surface area contributed by atoms with E-state index in [0.29, 0.717) is 0 Å². The molecule has 14 heteroatoms. The normalized spacial score (nSPS) is 25.2. The van der Waals surface area contributed by atoms with Crippen molar-refractivity contribution in [2.45, 2.75) is 55.2 Å². The summed E-state index contributed by atoms with van der Waals surface area (Å²) in [4.78, 5) is 47.0. The van der Waals surface area contributed by atoms with Gasteiger partial charge in [0.15, 0.2) is 18.5 Å². The van der Waals surface area contributed by atoms with Crippen molar-refractivity contribution in [2.24, 2.45) is 0 Å². The lowest BCUT2D eigenvalue weighted by Gasteiger charge is -2.44. The molecule has 32 heavy (non-hydrogen) atoms. The maximum atomic E-state index is 12.3. The molecular weight excluding hydrogens is 497 g/mol. The van der Waals surface area contributed by atoms with Gasteiger partial charge in [-0.15, -0.1) is 6.58 Å². The third kappa shape index (κ3) is 10.2. The molecular formula is C18H24Cl3NO10. The highest BCUT2D eigenvalue weighted by molar-refractivity contribution is 6.67.